The molecule has 0 aliphatic heterocycles. The van der Waals surface area contributed by atoms with Crippen molar-refractivity contribution in [3.05, 3.63) is 0 Å². The van der Waals surface area contributed by atoms with Crippen molar-refractivity contribution in [1.29, 1.82) is 0 Å². The molecule has 2 N–H and O–H groups in total. The van der Waals surface area contributed by atoms with Crippen LogP contribution in [0.5, 0.6) is 0 Å². The molecule has 0 aromatic rings. The summed E-state index contributed by atoms with van der Waals surface area (Å²) in [6, 6.07) is 0. The summed E-state index contributed by atoms with van der Waals surface area (Å²) in [5, 5.41) is 19.0. The highest BCUT2D eigenvalue weighted by Crippen LogP contribution is 2.49. The second-order valence-corrected chi connectivity index (χ2v) is 18.0. The molecule has 0 radical (unpaired) electrons. The van der Waals surface area contributed by atoms with Crippen LogP contribution in [0, 0.1) is 0 Å². The Balaban J connectivity index is 5.53. The van der Waals surface area contributed by atoms with Crippen molar-refractivity contribution < 1.29 is 15.0 Å². The molecule has 0 saturated heterocycles. The SMILES string of the molecule is CC(C(O)C(=O)O)([Si](C)(C)C)[Si](C)(C)C. The summed E-state index contributed by atoms with van der Waals surface area (Å²) in [6.07, 6.45) is -1.23. The smallest absolute Gasteiger partial charge is 0.332 e. The Morgan fingerprint density at radius 1 is 1.07 bits per heavy atom. The van der Waals surface area contributed by atoms with E-state index in [-0.39, 0.29) is 0 Å². The van der Waals surface area contributed by atoms with Gasteiger partial charge in [0.1, 0.15) is 0 Å². The molecule has 15 heavy (non-hydrogen) atoms. The number of carboxylic acid groups (broad SMARTS) is 1. The molecule has 1 atom stereocenters. The highest BCUT2D eigenvalue weighted by Gasteiger charge is 2.55. The van der Waals surface area contributed by atoms with Gasteiger partial charge in [-0.05, 0) is 4.66 Å². The topological polar surface area (TPSA) is 57.5 Å². The minimum absolute atomic E-state index is 0.411. The van der Waals surface area contributed by atoms with Gasteiger partial charge >= 0.3 is 5.97 Å². The van der Waals surface area contributed by atoms with Crippen molar-refractivity contribution in [3.8, 4) is 0 Å². The number of carbonyl (C=O) groups is 1. The minimum Gasteiger partial charge on any atom is -0.479 e. The second-order valence-electron chi connectivity index (χ2n) is 6.44. The maximum Gasteiger partial charge on any atom is 0.332 e. The first kappa shape index (κ1) is 14.9. The molecule has 3 nitrogen and oxygen atoms in total. The van der Waals surface area contributed by atoms with Gasteiger partial charge in [0.05, 0.1) is 16.1 Å². The van der Waals surface area contributed by atoms with Crippen molar-refractivity contribution in [2.75, 3.05) is 0 Å². The largest absolute Gasteiger partial charge is 0.479 e. The molecule has 0 rings (SSSR count). The van der Waals surface area contributed by atoms with E-state index >= 15 is 0 Å². The molecule has 0 amide bonds. The predicted octanol–water partition coefficient (Wildman–Crippen LogP) is 2.41. The third-order valence-corrected chi connectivity index (χ3v) is 15.2. The molecule has 0 aliphatic rings. The van der Waals surface area contributed by atoms with Crippen molar-refractivity contribution in [2.45, 2.75) is 57.0 Å². The van der Waals surface area contributed by atoms with Crippen molar-refractivity contribution >= 4 is 22.1 Å². The summed E-state index contributed by atoms with van der Waals surface area (Å²) >= 11 is 0. The number of hydrogen-bond acceptors (Lipinski definition) is 2. The lowest BCUT2D eigenvalue weighted by Crippen LogP contribution is -2.60. The van der Waals surface area contributed by atoms with Gasteiger partial charge in [0.25, 0.3) is 0 Å². The lowest BCUT2D eigenvalue weighted by atomic mass is 10.2. The quantitative estimate of drug-likeness (QED) is 0.751. The number of aliphatic hydroxyl groups excluding tert-OH is 1. The lowest BCUT2D eigenvalue weighted by molar-refractivity contribution is -0.147. The van der Waals surface area contributed by atoms with Crippen molar-refractivity contribution in [3.63, 3.8) is 0 Å². The van der Waals surface area contributed by atoms with Crippen LogP contribution in [-0.2, 0) is 4.79 Å². The van der Waals surface area contributed by atoms with E-state index in [1.807, 2.05) is 6.92 Å². The van der Waals surface area contributed by atoms with Crippen molar-refractivity contribution in [2.24, 2.45) is 0 Å². The van der Waals surface area contributed by atoms with E-state index in [0.717, 1.165) is 0 Å². The normalized spacial score (nSPS) is 16.3. The molecule has 0 spiro atoms. The molecule has 5 heteroatoms. The zero-order valence-corrected chi connectivity index (χ0v) is 12.9. The van der Waals surface area contributed by atoms with E-state index in [1.54, 1.807) is 0 Å². The van der Waals surface area contributed by atoms with E-state index in [4.69, 9.17) is 5.11 Å². The molecular weight excluding hydrogens is 224 g/mol. The van der Waals surface area contributed by atoms with E-state index in [1.165, 1.54) is 0 Å². The van der Waals surface area contributed by atoms with Crippen LogP contribution in [0.2, 0.25) is 43.9 Å². The first-order valence-corrected chi connectivity index (χ1v) is 12.3. The van der Waals surface area contributed by atoms with Gasteiger partial charge in [0.2, 0.25) is 0 Å². The molecular formula is C10H24O3Si2. The number of carboxylic acids is 1. The molecule has 0 bridgehead atoms. The van der Waals surface area contributed by atoms with E-state index in [0.29, 0.717) is 0 Å². The Morgan fingerprint density at radius 3 is 1.40 bits per heavy atom. The Bertz CT molecular complexity index is 236. The molecule has 0 heterocycles. The molecule has 1 unspecified atom stereocenters. The van der Waals surface area contributed by atoms with Crippen LogP contribution in [0.15, 0.2) is 0 Å². The maximum atomic E-state index is 11.0. The Morgan fingerprint density at radius 2 is 1.33 bits per heavy atom. The zero-order chi connectivity index (χ0) is 12.7. The van der Waals surface area contributed by atoms with Crippen LogP contribution < -0.4 is 0 Å². The van der Waals surface area contributed by atoms with Gasteiger partial charge in [-0.15, -0.1) is 0 Å². The number of aliphatic carboxylic acids is 1. The van der Waals surface area contributed by atoms with Crippen LogP contribution in [-0.4, -0.2) is 38.4 Å². The summed E-state index contributed by atoms with van der Waals surface area (Å²) in [6.45, 7) is 14.8. The zero-order valence-electron chi connectivity index (χ0n) is 10.9. The van der Waals surface area contributed by atoms with Gasteiger partial charge in [-0.3, -0.25) is 0 Å². The number of aliphatic hydroxyl groups is 1. The summed E-state index contributed by atoms with van der Waals surface area (Å²) in [5.74, 6) is -1.08. The first-order valence-electron chi connectivity index (χ1n) is 5.26. The Kier molecular flexibility index (Phi) is 3.99. The van der Waals surface area contributed by atoms with E-state index < -0.39 is 32.9 Å². The fraction of sp³-hybridized carbons (Fsp3) is 0.900. The summed E-state index contributed by atoms with van der Waals surface area (Å²) in [5.41, 5.74) is 0. The molecule has 0 fully saturated rings. The van der Waals surface area contributed by atoms with Gasteiger partial charge < -0.3 is 10.2 Å². The average Bonchev–Trinajstić information content (AvgIpc) is 1.96. The van der Waals surface area contributed by atoms with Gasteiger partial charge in [-0.2, -0.15) is 0 Å². The van der Waals surface area contributed by atoms with Gasteiger partial charge in [-0.25, -0.2) is 4.79 Å². The van der Waals surface area contributed by atoms with Gasteiger partial charge in [-0.1, -0.05) is 46.2 Å². The first-order chi connectivity index (χ1) is 6.35. The summed E-state index contributed by atoms with van der Waals surface area (Å²) in [7, 11) is -3.48. The van der Waals surface area contributed by atoms with Crippen LogP contribution in [0.3, 0.4) is 0 Å². The maximum absolute atomic E-state index is 11.0. The van der Waals surface area contributed by atoms with Crippen molar-refractivity contribution in [1.82, 2.24) is 0 Å². The van der Waals surface area contributed by atoms with Gasteiger partial charge in [0.15, 0.2) is 6.10 Å². The van der Waals surface area contributed by atoms with Gasteiger partial charge in [0, 0.05) is 0 Å². The lowest BCUT2D eigenvalue weighted by Gasteiger charge is -2.50. The average molecular weight is 248 g/mol. The van der Waals surface area contributed by atoms with Crippen LogP contribution >= 0.6 is 0 Å². The molecule has 90 valence electrons. The number of hydrogen-bond donors (Lipinski definition) is 2. The van der Waals surface area contributed by atoms with Crippen LogP contribution in [0.25, 0.3) is 0 Å². The van der Waals surface area contributed by atoms with E-state index in [2.05, 4.69) is 39.3 Å². The summed E-state index contributed by atoms with van der Waals surface area (Å²) < 4.78 is -0.411. The third-order valence-electron chi connectivity index (χ3n) is 3.90. The third kappa shape index (κ3) is 2.51. The number of rotatable bonds is 4. The monoisotopic (exact) mass is 248 g/mol. The Hall–Kier alpha value is -0.136. The highest BCUT2D eigenvalue weighted by molar-refractivity contribution is 6.99. The minimum atomic E-state index is -1.74. The molecule has 0 aromatic carbocycles. The molecule has 0 aromatic heterocycles. The Labute approximate surface area is 94.5 Å². The standard InChI is InChI=1S/C10H24O3Si2/c1-10(14(2,3)4,15(5,6)7)8(11)9(12)13/h8,11H,1-7H3,(H,12,13). The van der Waals surface area contributed by atoms with Crippen LogP contribution in [0.4, 0.5) is 0 Å². The second kappa shape index (κ2) is 4.03. The predicted molar refractivity (Wildman–Crippen MR) is 68.7 cm³/mol. The van der Waals surface area contributed by atoms with Crippen LogP contribution in [0.1, 0.15) is 6.92 Å². The molecule has 0 saturated carbocycles. The van der Waals surface area contributed by atoms with E-state index in [9.17, 15) is 9.90 Å². The fourth-order valence-corrected chi connectivity index (χ4v) is 13.1. The molecule has 0 aliphatic carbocycles. The fourth-order valence-electron chi connectivity index (χ4n) is 2.19. The summed E-state index contributed by atoms with van der Waals surface area (Å²) in [4.78, 5) is 11.0. The highest BCUT2D eigenvalue weighted by atomic mass is 28.4.